The highest BCUT2D eigenvalue weighted by Gasteiger charge is 2.09. The molecule has 0 bridgehead atoms. The number of aromatic nitrogens is 1. The van der Waals surface area contributed by atoms with E-state index in [1.807, 2.05) is 12.3 Å². The lowest BCUT2D eigenvalue weighted by atomic mass is 10.1. The van der Waals surface area contributed by atoms with Gasteiger partial charge in [-0.05, 0) is 31.5 Å². The van der Waals surface area contributed by atoms with Crippen molar-refractivity contribution < 1.29 is 9.50 Å². The topological polar surface area (TPSA) is 33.1 Å². The van der Waals surface area contributed by atoms with E-state index in [1.54, 1.807) is 19.1 Å². The maximum Gasteiger partial charge on any atom is 0.154 e. The van der Waals surface area contributed by atoms with Crippen LogP contribution >= 0.6 is 23.1 Å². The molecule has 2 rings (SSSR count). The fourth-order valence-corrected chi connectivity index (χ4v) is 3.13. The lowest BCUT2D eigenvalue weighted by molar-refractivity contribution is 0.198. The number of aliphatic hydroxyl groups excluding tert-OH is 1. The van der Waals surface area contributed by atoms with Gasteiger partial charge in [0.25, 0.3) is 0 Å². The molecule has 0 saturated heterocycles. The van der Waals surface area contributed by atoms with Gasteiger partial charge in [0, 0.05) is 11.1 Å². The lowest BCUT2D eigenvalue weighted by Crippen LogP contribution is -1.92. The summed E-state index contributed by atoms with van der Waals surface area (Å²) in [5.74, 6) is -0.318. The van der Waals surface area contributed by atoms with Crippen LogP contribution in [0.1, 0.15) is 24.3 Å². The van der Waals surface area contributed by atoms with Crippen molar-refractivity contribution in [3.05, 3.63) is 40.7 Å². The minimum absolute atomic E-state index is 0.318. The van der Waals surface area contributed by atoms with E-state index in [2.05, 4.69) is 4.98 Å². The normalized spacial score (nSPS) is 12.7. The van der Waals surface area contributed by atoms with Gasteiger partial charge in [-0.1, -0.05) is 17.8 Å². The molecule has 2 nitrogen and oxygen atoms in total. The molecule has 2 aromatic rings. The molecule has 1 atom stereocenters. The van der Waals surface area contributed by atoms with Crippen LogP contribution < -0.4 is 0 Å². The standard InChI is InChI=1S/C12H12FNOS2/c1-7-6-16-12(14-7)17-11-4-3-9(8(2)15)5-10(11)13/h3-6,8,15H,1-2H3. The van der Waals surface area contributed by atoms with E-state index >= 15 is 0 Å². The number of halogens is 1. The monoisotopic (exact) mass is 269 g/mol. The van der Waals surface area contributed by atoms with Gasteiger partial charge >= 0.3 is 0 Å². The summed E-state index contributed by atoms with van der Waals surface area (Å²) in [7, 11) is 0. The summed E-state index contributed by atoms with van der Waals surface area (Å²) in [6, 6.07) is 4.78. The van der Waals surface area contributed by atoms with Crippen LogP contribution in [0.2, 0.25) is 0 Å². The number of thiazole rings is 1. The molecule has 0 aliphatic heterocycles. The first kappa shape index (κ1) is 12.5. The summed E-state index contributed by atoms with van der Waals surface area (Å²) in [5, 5.41) is 11.3. The third kappa shape index (κ3) is 3.06. The summed E-state index contributed by atoms with van der Waals surface area (Å²) in [5.41, 5.74) is 1.53. The van der Waals surface area contributed by atoms with E-state index in [0.29, 0.717) is 10.5 Å². The Morgan fingerprint density at radius 1 is 1.47 bits per heavy atom. The average molecular weight is 269 g/mol. The first-order valence-corrected chi connectivity index (χ1v) is 6.83. The zero-order valence-electron chi connectivity index (χ0n) is 9.48. The van der Waals surface area contributed by atoms with E-state index in [1.165, 1.54) is 29.2 Å². The molecule has 1 heterocycles. The molecule has 0 fully saturated rings. The van der Waals surface area contributed by atoms with Crippen molar-refractivity contribution >= 4 is 23.1 Å². The van der Waals surface area contributed by atoms with Gasteiger partial charge in [0.1, 0.15) is 5.82 Å². The van der Waals surface area contributed by atoms with Gasteiger partial charge in [-0.3, -0.25) is 0 Å². The molecule has 0 amide bonds. The molecular formula is C12H12FNOS2. The van der Waals surface area contributed by atoms with Crippen LogP contribution in [0.15, 0.2) is 32.8 Å². The molecule has 0 aliphatic carbocycles. The minimum atomic E-state index is -0.648. The number of hydrogen-bond acceptors (Lipinski definition) is 4. The third-order valence-electron chi connectivity index (χ3n) is 2.23. The van der Waals surface area contributed by atoms with E-state index < -0.39 is 6.10 Å². The fourth-order valence-electron chi connectivity index (χ4n) is 1.33. The van der Waals surface area contributed by atoms with E-state index in [0.717, 1.165) is 10.0 Å². The number of benzene rings is 1. The highest BCUT2D eigenvalue weighted by atomic mass is 32.2. The van der Waals surface area contributed by atoms with Crippen LogP contribution in [-0.2, 0) is 0 Å². The number of nitrogens with zero attached hydrogens (tertiary/aromatic N) is 1. The molecular weight excluding hydrogens is 257 g/mol. The Labute approximate surface area is 108 Å². The molecule has 1 aromatic carbocycles. The maximum absolute atomic E-state index is 13.7. The largest absolute Gasteiger partial charge is 0.389 e. The van der Waals surface area contributed by atoms with E-state index in [9.17, 15) is 9.50 Å². The molecule has 0 saturated carbocycles. The summed E-state index contributed by atoms with van der Waals surface area (Å²) in [6.45, 7) is 3.53. The SMILES string of the molecule is Cc1csc(Sc2ccc(C(C)O)cc2F)n1. The van der Waals surface area contributed by atoms with Gasteiger partial charge < -0.3 is 5.11 Å². The van der Waals surface area contributed by atoms with Crippen LogP contribution in [0.4, 0.5) is 4.39 Å². The first-order valence-electron chi connectivity index (χ1n) is 5.14. The summed E-state index contributed by atoms with van der Waals surface area (Å²) < 4.78 is 14.6. The zero-order chi connectivity index (χ0) is 12.4. The van der Waals surface area contributed by atoms with Crippen molar-refractivity contribution in [2.75, 3.05) is 0 Å². The predicted molar refractivity (Wildman–Crippen MR) is 68.0 cm³/mol. The summed E-state index contributed by atoms with van der Waals surface area (Å²) >= 11 is 2.81. The Hall–Kier alpha value is -0.910. The second-order valence-electron chi connectivity index (χ2n) is 3.72. The van der Waals surface area contributed by atoms with Crippen molar-refractivity contribution in [3.8, 4) is 0 Å². The van der Waals surface area contributed by atoms with Crippen molar-refractivity contribution in [3.63, 3.8) is 0 Å². The number of hydrogen-bond donors (Lipinski definition) is 1. The van der Waals surface area contributed by atoms with Crippen LogP contribution in [0.5, 0.6) is 0 Å². The van der Waals surface area contributed by atoms with Crippen molar-refractivity contribution in [1.82, 2.24) is 4.98 Å². The molecule has 17 heavy (non-hydrogen) atoms. The van der Waals surface area contributed by atoms with E-state index in [4.69, 9.17) is 0 Å². The molecule has 1 unspecified atom stereocenters. The summed E-state index contributed by atoms with van der Waals surface area (Å²) in [4.78, 5) is 4.80. The van der Waals surface area contributed by atoms with Crippen molar-refractivity contribution in [2.45, 2.75) is 29.2 Å². The molecule has 90 valence electrons. The fraction of sp³-hybridized carbons (Fsp3) is 0.250. The van der Waals surface area contributed by atoms with Crippen molar-refractivity contribution in [2.24, 2.45) is 0 Å². The Bertz CT molecular complexity index is 525. The second kappa shape index (κ2) is 5.16. The minimum Gasteiger partial charge on any atom is -0.389 e. The maximum atomic E-state index is 13.7. The number of aryl methyl sites for hydroxylation is 1. The van der Waals surface area contributed by atoms with E-state index in [-0.39, 0.29) is 5.82 Å². The predicted octanol–water partition coefficient (Wildman–Crippen LogP) is 3.80. The van der Waals surface area contributed by atoms with Crippen LogP contribution in [0.25, 0.3) is 0 Å². The molecule has 1 N–H and O–H groups in total. The van der Waals surface area contributed by atoms with Gasteiger partial charge in [0.2, 0.25) is 0 Å². The quantitative estimate of drug-likeness (QED) is 0.920. The Morgan fingerprint density at radius 3 is 2.76 bits per heavy atom. The van der Waals surface area contributed by atoms with Crippen molar-refractivity contribution in [1.29, 1.82) is 0 Å². The molecule has 1 aromatic heterocycles. The Kier molecular flexibility index (Phi) is 3.81. The first-order chi connectivity index (χ1) is 8.06. The second-order valence-corrected chi connectivity index (χ2v) is 5.87. The molecule has 0 spiro atoms. The highest BCUT2D eigenvalue weighted by molar-refractivity contribution is 8.01. The molecule has 5 heteroatoms. The van der Waals surface area contributed by atoms with Gasteiger partial charge in [0.15, 0.2) is 4.34 Å². The van der Waals surface area contributed by atoms with Crippen LogP contribution in [-0.4, -0.2) is 10.1 Å². The van der Waals surface area contributed by atoms with Crippen LogP contribution in [0, 0.1) is 12.7 Å². The highest BCUT2D eigenvalue weighted by Crippen LogP contribution is 2.32. The van der Waals surface area contributed by atoms with Gasteiger partial charge in [-0.15, -0.1) is 11.3 Å². The molecule has 0 radical (unpaired) electrons. The average Bonchev–Trinajstić information content (AvgIpc) is 2.67. The van der Waals surface area contributed by atoms with Gasteiger partial charge in [-0.2, -0.15) is 0 Å². The third-order valence-corrected chi connectivity index (χ3v) is 4.34. The zero-order valence-corrected chi connectivity index (χ0v) is 11.1. The van der Waals surface area contributed by atoms with Gasteiger partial charge in [-0.25, -0.2) is 9.37 Å². The number of rotatable bonds is 3. The Morgan fingerprint density at radius 2 is 2.24 bits per heavy atom. The molecule has 0 aliphatic rings. The summed E-state index contributed by atoms with van der Waals surface area (Å²) in [6.07, 6.45) is -0.648. The smallest absolute Gasteiger partial charge is 0.154 e. The number of aliphatic hydroxyl groups is 1. The van der Waals surface area contributed by atoms with Crippen LogP contribution in [0.3, 0.4) is 0 Å². The Balaban J connectivity index is 2.22. The lowest BCUT2D eigenvalue weighted by Gasteiger charge is -2.06. The van der Waals surface area contributed by atoms with Gasteiger partial charge in [0.05, 0.1) is 11.0 Å².